The van der Waals surface area contributed by atoms with Crippen LogP contribution in [0.1, 0.15) is 104 Å². The summed E-state index contributed by atoms with van der Waals surface area (Å²) in [6.07, 6.45) is 17.1. The molecular formula is C18H36O2. The van der Waals surface area contributed by atoms with Gasteiger partial charge in [0.15, 0.2) is 0 Å². The molecule has 1 N–H and O–H groups in total. The molecule has 120 valence electrons. The van der Waals surface area contributed by atoms with Crippen LogP contribution in [0, 0.1) is 5.92 Å². The molecule has 0 heterocycles. The van der Waals surface area contributed by atoms with E-state index in [2.05, 4.69) is 13.8 Å². The molecule has 2 nitrogen and oxygen atoms in total. The molecule has 0 rings (SSSR count). The molecule has 0 bridgehead atoms. The number of aliphatic carboxylic acids is 1. The first-order valence-corrected chi connectivity index (χ1v) is 8.92. The Balaban J connectivity index is 3.41. The van der Waals surface area contributed by atoms with Gasteiger partial charge in [-0.1, -0.05) is 90.9 Å². The second kappa shape index (κ2) is 14.9. The van der Waals surface area contributed by atoms with Crippen molar-refractivity contribution in [2.24, 2.45) is 5.92 Å². The highest BCUT2D eigenvalue weighted by Crippen LogP contribution is 2.21. The van der Waals surface area contributed by atoms with Crippen molar-refractivity contribution in [2.45, 2.75) is 104 Å². The maximum atomic E-state index is 10.6. The average molecular weight is 284 g/mol. The Hall–Kier alpha value is -0.530. The van der Waals surface area contributed by atoms with Crippen LogP contribution in [0.3, 0.4) is 0 Å². The molecule has 0 aliphatic heterocycles. The minimum Gasteiger partial charge on any atom is -0.481 e. The van der Waals surface area contributed by atoms with E-state index >= 15 is 0 Å². The van der Waals surface area contributed by atoms with E-state index in [1.807, 2.05) is 0 Å². The van der Waals surface area contributed by atoms with Crippen molar-refractivity contribution in [1.29, 1.82) is 0 Å². The predicted molar refractivity (Wildman–Crippen MR) is 87.1 cm³/mol. The number of carboxylic acid groups (broad SMARTS) is 1. The number of unbranched alkanes of at least 4 members (excludes halogenated alkanes) is 8. The van der Waals surface area contributed by atoms with E-state index in [-0.39, 0.29) is 0 Å². The van der Waals surface area contributed by atoms with Gasteiger partial charge in [-0.15, -0.1) is 0 Å². The van der Waals surface area contributed by atoms with E-state index in [4.69, 9.17) is 5.11 Å². The Morgan fingerprint density at radius 1 is 0.750 bits per heavy atom. The quantitative estimate of drug-likeness (QED) is 0.364. The van der Waals surface area contributed by atoms with Crippen molar-refractivity contribution in [3.8, 4) is 0 Å². The molecule has 1 atom stereocenters. The van der Waals surface area contributed by atoms with Gasteiger partial charge >= 0.3 is 5.97 Å². The van der Waals surface area contributed by atoms with Gasteiger partial charge in [0.05, 0.1) is 0 Å². The van der Waals surface area contributed by atoms with Crippen LogP contribution in [0.5, 0.6) is 0 Å². The molecular weight excluding hydrogens is 248 g/mol. The smallest absolute Gasteiger partial charge is 0.303 e. The maximum Gasteiger partial charge on any atom is 0.303 e. The molecule has 0 spiro atoms. The predicted octanol–water partition coefficient (Wildman–Crippen LogP) is 6.19. The second-order valence-electron chi connectivity index (χ2n) is 6.20. The Labute approximate surface area is 126 Å². The van der Waals surface area contributed by atoms with Gasteiger partial charge in [0, 0.05) is 6.42 Å². The highest BCUT2D eigenvalue weighted by molar-refractivity contribution is 5.66. The summed E-state index contributed by atoms with van der Waals surface area (Å²) < 4.78 is 0. The van der Waals surface area contributed by atoms with Crippen LogP contribution < -0.4 is 0 Å². The molecule has 0 radical (unpaired) electrons. The molecule has 2 heteroatoms. The topological polar surface area (TPSA) is 37.3 Å². The minimum atomic E-state index is -0.641. The standard InChI is InChI=1S/C18H36O2/c1-3-5-6-7-8-9-10-11-12-14-17(13-4-2)15-16-18(19)20/h17H,3-16H2,1-2H3,(H,19,20). The van der Waals surface area contributed by atoms with Crippen molar-refractivity contribution in [2.75, 3.05) is 0 Å². The first-order chi connectivity index (χ1) is 9.70. The number of carboxylic acids is 1. The van der Waals surface area contributed by atoms with Crippen molar-refractivity contribution in [3.05, 3.63) is 0 Å². The zero-order valence-corrected chi connectivity index (χ0v) is 13.8. The Bertz CT molecular complexity index is 213. The molecule has 1 unspecified atom stereocenters. The number of hydrogen-bond donors (Lipinski definition) is 1. The SMILES string of the molecule is CCCCCCCCCCCC(CCC)CCC(=O)O. The zero-order chi connectivity index (χ0) is 15.1. The van der Waals surface area contributed by atoms with Gasteiger partial charge in [0.25, 0.3) is 0 Å². The third-order valence-electron chi connectivity index (χ3n) is 4.18. The summed E-state index contributed by atoms with van der Waals surface area (Å²) in [5, 5.41) is 8.76. The lowest BCUT2D eigenvalue weighted by molar-refractivity contribution is -0.137. The molecule has 0 aliphatic carbocycles. The van der Waals surface area contributed by atoms with Gasteiger partial charge in [-0.05, 0) is 12.3 Å². The molecule has 0 saturated heterocycles. The van der Waals surface area contributed by atoms with E-state index in [1.165, 1.54) is 77.0 Å². The molecule has 0 amide bonds. The summed E-state index contributed by atoms with van der Waals surface area (Å²) in [5.41, 5.74) is 0. The number of hydrogen-bond acceptors (Lipinski definition) is 1. The largest absolute Gasteiger partial charge is 0.481 e. The van der Waals surface area contributed by atoms with Gasteiger partial charge < -0.3 is 5.11 Å². The zero-order valence-electron chi connectivity index (χ0n) is 13.8. The van der Waals surface area contributed by atoms with Gasteiger partial charge in [-0.25, -0.2) is 0 Å². The Morgan fingerprint density at radius 3 is 1.80 bits per heavy atom. The highest BCUT2D eigenvalue weighted by atomic mass is 16.4. The minimum absolute atomic E-state index is 0.349. The molecule has 20 heavy (non-hydrogen) atoms. The monoisotopic (exact) mass is 284 g/mol. The van der Waals surface area contributed by atoms with Crippen LogP contribution in [-0.2, 0) is 4.79 Å². The molecule has 0 fully saturated rings. The summed E-state index contributed by atoms with van der Waals surface area (Å²) in [5.74, 6) is -0.00108. The first kappa shape index (κ1) is 19.5. The van der Waals surface area contributed by atoms with Crippen LogP contribution in [0.4, 0.5) is 0 Å². The van der Waals surface area contributed by atoms with Gasteiger partial charge in [0.2, 0.25) is 0 Å². The van der Waals surface area contributed by atoms with Crippen LogP contribution in [0.25, 0.3) is 0 Å². The first-order valence-electron chi connectivity index (χ1n) is 8.92. The van der Waals surface area contributed by atoms with E-state index in [0.29, 0.717) is 12.3 Å². The Morgan fingerprint density at radius 2 is 1.30 bits per heavy atom. The molecule has 0 saturated carbocycles. The lowest BCUT2D eigenvalue weighted by Crippen LogP contribution is -2.04. The van der Waals surface area contributed by atoms with Crippen molar-refractivity contribution >= 4 is 5.97 Å². The third kappa shape index (κ3) is 13.9. The number of rotatable bonds is 15. The average Bonchev–Trinajstić information content (AvgIpc) is 2.42. The van der Waals surface area contributed by atoms with E-state index in [0.717, 1.165) is 6.42 Å². The third-order valence-corrected chi connectivity index (χ3v) is 4.18. The van der Waals surface area contributed by atoms with Gasteiger partial charge in [-0.2, -0.15) is 0 Å². The normalized spacial score (nSPS) is 12.5. The fourth-order valence-electron chi connectivity index (χ4n) is 2.91. The van der Waals surface area contributed by atoms with Gasteiger partial charge in [0.1, 0.15) is 0 Å². The maximum absolute atomic E-state index is 10.6. The second-order valence-corrected chi connectivity index (χ2v) is 6.20. The summed E-state index contributed by atoms with van der Waals surface area (Å²) in [6.45, 7) is 4.46. The molecule has 0 aliphatic rings. The van der Waals surface area contributed by atoms with E-state index < -0.39 is 5.97 Å². The van der Waals surface area contributed by atoms with Gasteiger partial charge in [-0.3, -0.25) is 4.79 Å². The van der Waals surface area contributed by atoms with Crippen LogP contribution in [0.2, 0.25) is 0 Å². The summed E-state index contributed by atoms with van der Waals surface area (Å²) in [4.78, 5) is 10.6. The lowest BCUT2D eigenvalue weighted by Gasteiger charge is -2.14. The van der Waals surface area contributed by atoms with E-state index in [1.54, 1.807) is 0 Å². The molecule has 0 aromatic rings. The summed E-state index contributed by atoms with van der Waals surface area (Å²) in [7, 11) is 0. The van der Waals surface area contributed by atoms with Crippen LogP contribution in [-0.4, -0.2) is 11.1 Å². The lowest BCUT2D eigenvalue weighted by atomic mass is 9.92. The van der Waals surface area contributed by atoms with Crippen molar-refractivity contribution in [3.63, 3.8) is 0 Å². The summed E-state index contributed by atoms with van der Waals surface area (Å²) in [6, 6.07) is 0. The Kier molecular flexibility index (Phi) is 14.5. The fourth-order valence-corrected chi connectivity index (χ4v) is 2.91. The fraction of sp³-hybridized carbons (Fsp3) is 0.944. The molecule has 0 aromatic carbocycles. The van der Waals surface area contributed by atoms with Crippen LogP contribution in [0.15, 0.2) is 0 Å². The van der Waals surface area contributed by atoms with E-state index in [9.17, 15) is 4.79 Å². The van der Waals surface area contributed by atoms with Crippen molar-refractivity contribution < 1.29 is 9.90 Å². The highest BCUT2D eigenvalue weighted by Gasteiger charge is 2.09. The van der Waals surface area contributed by atoms with Crippen LogP contribution >= 0.6 is 0 Å². The molecule has 0 aromatic heterocycles. The summed E-state index contributed by atoms with van der Waals surface area (Å²) >= 11 is 0. The van der Waals surface area contributed by atoms with Crippen molar-refractivity contribution in [1.82, 2.24) is 0 Å². The number of carbonyl (C=O) groups is 1.